The van der Waals surface area contributed by atoms with Gasteiger partial charge in [0.1, 0.15) is 5.75 Å². The number of hydrogen-bond acceptors (Lipinski definition) is 3. The molecule has 0 aliphatic heterocycles. The zero-order valence-corrected chi connectivity index (χ0v) is 9.82. The van der Waals surface area contributed by atoms with Crippen molar-refractivity contribution < 1.29 is 4.74 Å². The van der Waals surface area contributed by atoms with Crippen LogP contribution in [0, 0.1) is 6.92 Å². The molecule has 0 unspecified atom stereocenters. The Bertz CT molecular complexity index is 497. The molecule has 16 heavy (non-hydrogen) atoms. The van der Waals surface area contributed by atoms with E-state index in [2.05, 4.69) is 10.2 Å². The van der Waals surface area contributed by atoms with Gasteiger partial charge in [0.05, 0.1) is 12.8 Å². The summed E-state index contributed by atoms with van der Waals surface area (Å²) >= 11 is 5.69. The maximum atomic E-state index is 5.69. The third-order valence-corrected chi connectivity index (χ3v) is 2.54. The molecule has 0 amide bonds. The van der Waals surface area contributed by atoms with Crippen LogP contribution in [0.1, 0.15) is 5.56 Å². The highest BCUT2D eigenvalue weighted by atomic mass is 35.5. The van der Waals surface area contributed by atoms with Crippen molar-refractivity contribution >= 4 is 11.6 Å². The van der Waals surface area contributed by atoms with Crippen LogP contribution in [0.5, 0.6) is 5.75 Å². The fourth-order valence-corrected chi connectivity index (χ4v) is 1.61. The molecular formula is C12H11ClN2O. The molecule has 1 aromatic heterocycles. The molecule has 1 heterocycles. The van der Waals surface area contributed by atoms with Gasteiger partial charge < -0.3 is 4.74 Å². The lowest BCUT2D eigenvalue weighted by Crippen LogP contribution is -1.91. The summed E-state index contributed by atoms with van der Waals surface area (Å²) in [6.07, 6.45) is 0. The quantitative estimate of drug-likeness (QED) is 0.801. The van der Waals surface area contributed by atoms with E-state index in [0.29, 0.717) is 5.15 Å². The second-order valence-electron chi connectivity index (χ2n) is 3.42. The van der Waals surface area contributed by atoms with Gasteiger partial charge in [-0.25, -0.2) is 0 Å². The van der Waals surface area contributed by atoms with Crippen molar-refractivity contribution in [3.63, 3.8) is 0 Å². The summed E-state index contributed by atoms with van der Waals surface area (Å²) in [5.41, 5.74) is 2.94. The lowest BCUT2D eigenvalue weighted by molar-refractivity contribution is 0.414. The first-order chi connectivity index (χ1) is 7.70. The number of benzene rings is 1. The first-order valence-corrected chi connectivity index (χ1v) is 5.23. The SMILES string of the molecule is COc1ccc(-c2ccc(Cl)nn2)c(C)c1. The van der Waals surface area contributed by atoms with E-state index in [4.69, 9.17) is 16.3 Å². The van der Waals surface area contributed by atoms with Gasteiger partial charge in [-0.3, -0.25) is 0 Å². The Hall–Kier alpha value is -1.61. The van der Waals surface area contributed by atoms with E-state index >= 15 is 0 Å². The van der Waals surface area contributed by atoms with Gasteiger partial charge in [0.15, 0.2) is 5.15 Å². The van der Waals surface area contributed by atoms with Crippen molar-refractivity contribution in [2.45, 2.75) is 6.92 Å². The Morgan fingerprint density at radius 3 is 2.50 bits per heavy atom. The van der Waals surface area contributed by atoms with Crippen molar-refractivity contribution in [3.8, 4) is 17.0 Å². The van der Waals surface area contributed by atoms with Crippen LogP contribution in [-0.4, -0.2) is 17.3 Å². The summed E-state index contributed by atoms with van der Waals surface area (Å²) in [6, 6.07) is 9.41. The van der Waals surface area contributed by atoms with Gasteiger partial charge in [0.25, 0.3) is 0 Å². The Kier molecular flexibility index (Phi) is 3.06. The molecule has 0 radical (unpaired) electrons. The van der Waals surface area contributed by atoms with Gasteiger partial charge >= 0.3 is 0 Å². The van der Waals surface area contributed by atoms with Crippen LogP contribution in [0.3, 0.4) is 0 Å². The van der Waals surface area contributed by atoms with Crippen LogP contribution in [0.4, 0.5) is 0 Å². The van der Waals surface area contributed by atoms with Gasteiger partial charge in [-0.15, -0.1) is 10.2 Å². The number of rotatable bonds is 2. The summed E-state index contributed by atoms with van der Waals surface area (Å²) in [6.45, 7) is 2.01. The summed E-state index contributed by atoms with van der Waals surface area (Å²) in [7, 11) is 1.65. The summed E-state index contributed by atoms with van der Waals surface area (Å²) in [4.78, 5) is 0. The summed E-state index contributed by atoms with van der Waals surface area (Å²) in [5, 5.41) is 8.26. The van der Waals surface area contributed by atoms with E-state index < -0.39 is 0 Å². The third-order valence-electron chi connectivity index (χ3n) is 2.34. The Morgan fingerprint density at radius 1 is 1.12 bits per heavy atom. The van der Waals surface area contributed by atoms with Crippen molar-refractivity contribution in [1.82, 2.24) is 10.2 Å². The number of halogens is 1. The Labute approximate surface area is 99.0 Å². The standard InChI is InChI=1S/C12H11ClN2O/c1-8-7-9(16-2)3-4-10(8)11-5-6-12(13)15-14-11/h3-7H,1-2H3. The predicted molar refractivity (Wildman–Crippen MR) is 63.8 cm³/mol. The van der Waals surface area contributed by atoms with Crippen LogP contribution in [0.15, 0.2) is 30.3 Å². The maximum Gasteiger partial charge on any atom is 0.151 e. The molecule has 82 valence electrons. The zero-order valence-electron chi connectivity index (χ0n) is 9.07. The van der Waals surface area contributed by atoms with Crippen LogP contribution in [-0.2, 0) is 0 Å². The van der Waals surface area contributed by atoms with E-state index in [9.17, 15) is 0 Å². The smallest absolute Gasteiger partial charge is 0.151 e. The predicted octanol–water partition coefficient (Wildman–Crippen LogP) is 3.11. The molecule has 0 aliphatic rings. The van der Waals surface area contributed by atoms with Gasteiger partial charge in [-0.2, -0.15) is 0 Å². The average Bonchev–Trinajstić information content (AvgIpc) is 2.30. The Morgan fingerprint density at radius 2 is 1.94 bits per heavy atom. The fourth-order valence-electron chi connectivity index (χ4n) is 1.51. The molecule has 3 nitrogen and oxygen atoms in total. The van der Waals surface area contributed by atoms with E-state index in [-0.39, 0.29) is 0 Å². The lowest BCUT2D eigenvalue weighted by atomic mass is 10.1. The van der Waals surface area contributed by atoms with E-state index in [1.165, 1.54) is 0 Å². The van der Waals surface area contributed by atoms with E-state index in [1.807, 2.05) is 31.2 Å². The molecule has 0 N–H and O–H groups in total. The van der Waals surface area contributed by atoms with E-state index in [1.54, 1.807) is 13.2 Å². The first-order valence-electron chi connectivity index (χ1n) is 4.85. The van der Waals surface area contributed by atoms with Crippen molar-refractivity contribution in [2.24, 2.45) is 0 Å². The molecule has 4 heteroatoms. The summed E-state index contributed by atoms with van der Waals surface area (Å²) in [5.74, 6) is 0.836. The number of nitrogens with zero attached hydrogens (tertiary/aromatic N) is 2. The highest BCUT2D eigenvalue weighted by molar-refractivity contribution is 6.29. The number of hydrogen-bond donors (Lipinski definition) is 0. The molecule has 0 saturated carbocycles. The number of ether oxygens (including phenoxy) is 1. The second-order valence-corrected chi connectivity index (χ2v) is 3.81. The van der Waals surface area contributed by atoms with Gasteiger partial charge in [-0.05, 0) is 42.8 Å². The lowest BCUT2D eigenvalue weighted by Gasteiger charge is -2.06. The van der Waals surface area contributed by atoms with Gasteiger partial charge in [-0.1, -0.05) is 11.6 Å². The highest BCUT2D eigenvalue weighted by Crippen LogP contribution is 2.25. The normalized spacial score (nSPS) is 10.2. The monoisotopic (exact) mass is 234 g/mol. The third kappa shape index (κ3) is 2.14. The molecular weight excluding hydrogens is 224 g/mol. The highest BCUT2D eigenvalue weighted by Gasteiger charge is 2.05. The molecule has 0 aliphatic carbocycles. The van der Waals surface area contributed by atoms with Crippen LogP contribution in [0.25, 0.3) is 11.3 Å². The number of methoxy groups -OCH3 is 1. The molecule has 0 atom stereocenters. The molecule has 0 bridgehead atoms. The molecule has 2 rings (SSSR count). The minimum absolute atomic E-state index is 0.398. The fraction of sp³-hybridized carbons (Fsp3) is 0.167. The van der Waals surface area contributed by atoms with Crippen molar-refractivity contribution in [1.29, 1.82) is 0 Å². The maximum absolute atomic E-state index is 5.69. The average molecular weight is 235 g/mol. The zero-order chi connectivity index (χ0) is 11.5. The van der Waals surface area contributed by atoms with Crippen molar-refractivity contribution in [3.05, 3.63) is 41.0 Å². The molecule has 1 aromatic carbocycles. The molecule has 0 saturated heterocycles. The van der Waals surface area contributed by atoms with Gasteiger partial charge in [0, 0.05) is 5.56 Å². The van der Waals surface area contributed by atoms with Crippen molar-refractivity contribution in [2.75, 3.05) is 7.11 Å². The van der Waals surface area contributed by atoms with E-state index in [0.717, 1.165) is 22.6 Å². The molecule has 0 fully saturated rings. The second kappa shape index (κ2) is 4.49. The van der Waals surface area contributed by atoms with Crippen LogP contribution >= 0.6 is 11.6 Å². The first kappa shape index (κ1) is 10.9. The van der Waals surface area contributed by atoms with Crippen LogP contribution < -0.4 is 4.74 Å². The largest absolute Gasteiger partial charge is 0.497 e. The summed E-state index contributed by atoms with van der Waals surface area (Å²) < 4.78 is 5.15. The topological polar surface area (TPSA) is 35.0 Å². The number of aromatic nitrogens is 2. The van der Waals surface area contributed by atoms with Crippen LogP contribution in [0.2, 0.25) is 5.15 Å². The number of aryl methyl sites for hydroxylation is 1. The Balaban J connectivity index is 2.44. The van der Waals surface area contributed by atoms with Gasteiger partial charge in [0.2, 0.25) is 0 Å². The molecule has 0 spiro atoms. The molecule has 2 aromatic rings. The minimum atomic E-state index is 0.398. The minimum Gasteiger partial charge on any atom is -0.497 e.